The quantitative estimate of drug-likeness (QED) is 0.106. The highest BCUT2D eigenvalue weighted by atomic mass is 79.9. The van der Waals surface area contributed by atoms with E-state index in [4.69, 9.17) is 0 Å². The first-order chi connectivity index (χ1) is 30.4. The Morgan fingerprint density at radius 3 is 1.41 bits per heavy atom. The van der Waals surface area contributed by atoms with Crippen molar-refractivity contribution in [2.75, 3.05) is 22.9 Å². The monoisotopic (exact) mass is 1010 g/mol. The van der Waals surface area contributed by atoms with E-state index in [1.54, 1.807) is 28.0 Å². The minimum absolute atomic E-state index is 0. The highest BCUT2D eigenvalue weighted by Crippen LogP contribution is 2.38. The van der Waals surface area contributed by atoms with Crippen LogP contribution in [0.5, 0.6) is 0 Å². The normalized spacial score (nSPS) is 15.4. The van der Waals surface area contributed by atoms with Crippen LogP contribution in [0.4, 0.5) is 37.7 Å². The average Bonchev–Trinajstić information content (AvgIpc) is 3.91. The number of hydrogen-bond acceptors (Lipinski definition) is 7. The van der Waals surface area contributed by atoms with E-state index < -0.39 is 36.0 Å². The van der Waals surface area contributed by atoms with Crippen LogP contribution in [0.15, 0.2) is 85.5 Å². The van der Waals surface area contributed by atoms with Crippen molar-refractivity contribution in [3.05, 3.63) is 153 Å². The third kappa shape index (κ3) is 10.8. The molecule has 1 N–H and O–H groups in total. The second-order valence-electron chi connectivity index (χ2n) is 15.1. The van der Waals surface area contributed by atoms with Crippen LogP contribution in [0.25, 0.3) is 0 Å². The lowest BCUT2D eigenvalue weighted by Gasteiger charge is -2.32. The molecule has 6 aromatic rings. The summed E-state index contributed by atoms with van der Waals surface area (Å²) in [5, 5.41) is 18.1. The van der Waals surface area contributed by atoms with Crippen molar-refractivity contribution in [2.45, 2.75) is 64.1 Å². The molecule has 0 aliphatic carbocycles. The highest BCUT2D eigenvalue weighted by molar-refractivity contribution is 9.08. The van der Waals surface area contributed by atoms with Crippen molar-refractivity contribution in [1.29, 1.82) is 0 Å². The number of carbonyl (C=O) groups is 2. The van der Waals surface area contributed by atoms with Gasteiger partial charge in [0.1, 0.15) is 11.4 Å². The van der Waals surface area contributed by atoms with E-state index in [2.05, 4.69) is 59.8 Å². The fourth-order valence-corrected chi connectivity index (χ4v) is 7.67. The molecule has 0 saturated carbocycles. The molecule has 4 aromatic heterocycles. The molecule has 20 heteroatoms. The maximum atomic E-state index is 13.3. The molecule has 0 bridgehead atoms. The number of benzene rings is 2. The Kier molecular flexibility index (Phi) is 15.9. The van der Waals surface area contributed by atoms with Gasteiger partial charge in [-0.1, -0.05) is 39.6 Å². The van der Waals surface area contributed by atoms with Gasteiger partial charge in [0.2, 0.25) is 0 Å². The van der Waals surface area contributed by atoms with Crippen LogP contribution in [-0.4, -0.2) is 59.5 Å². The van der Waals surface area contributed by atoms with E-state index in [1.807, 2.05) is 52.0 Å². The fraction of sp³-hybridized carbons (Fsp3) is 0.261. The Morgan fingerprint density at radius 2 is 1.05 bits per heavy atom. The van der Waals surface area contributed by atoms with Gasteiger partial charge in [0.25, 0.3) is 11.8 Å². The van der Waals surface area contributed by atoms with E-state index in [9.17, 15) is 41.0 Å². The van der Waals surface area contributed by atoms with Gasteiger partial charge in [-0.3, -0.25) is 28.9 Å². The minimum atomic E-state index is -4.60. The molecule has 2 aliphatic heterocycles. The number of aromatic nitrogens is 6. The van der Waals surface area contributed by atoms with E-state index in [0.29, 0.717) is 33.6 Å². The number of hydrogen-bond donors (Lipinski definition) is 1. The van der Waals surface area contributed by atoms with Gasteiger partial charge in [-0.15, -0.1) is 0 Å². The first-order valence-electron chi connectivity index (χ1n) is 19.6. The molecular formula is C46H41BrF6N8O3S2. The Labute approximate surface area is 398 Å². The highest BCUT2D eigenvalue weighted by Gasteiger charge is 2.38. The summed E-state index contributed by atoms with van der Waals surface area (Å²) in [7, 11) is 0. The number of aliphatic hydroxyl groups is 1. The van der Waals surface area contributed by atoms with Crippen LogP contribution in [0.2, 0.25) is 0 Å². The van der Waals surface area contributed by atoms with Crippen LogP contribution >= 0.6 is 42.9 Å². The number of nitrogens with zero attached hydrogens (tertiary/aromatic N) is 8. The number of pyridine rings is 2. The Morgan fingerprint density at radius 1 is 0.636 bits per heavy atom. The van der Waals surface area contributed by atoms with Crippen LogP contribution in [0.3, 0.4) is 0 Å². The van der Waals surface area contributed by atoms with Crippen molar-refractivity contribution in [1.82, 2.24) is 29.5 Å². The SMILES string of the molecule is Cc1ccc(C#Cc2cnn3c2C(=O)N(c2ccc(C(F)(F)F)c(CBr)c2)C[C@@H]3C)cn1.Cc1ccc(C#Cc2cnn3c2C(=O)N(c2ccc(C(F)(F)F)c(CO)c2)C[C@@H]3C)cn1.S.S. The fourth-order valence-electron chi connectivity index (χ4n) is 7.21. The molecule has 0 spiro atoms. The lowest BCUT2D eigenvalue weighted by molar-refractivity contribution is -0.139. The molecule has 0 fully saturated rings. The minimum Gasteiger partial charge on any atom is -0.392 e. The molecule has 11 nitrogen and oxygen atoms in total. The summed E-state index contributed by atoms with van der Waals surface area (Å²) in [6.07, 6.45) is -2.73. The zero-order valence-electron chi connectivity index (χ0n) is 35.6. The van der Waals surface area contributed by atoms with Gasteiger partial charge < -0.3 is 14.9 Å². The number of alkyl halides is 7. The number of aryl methyl sites for hydroxylation is 2. The molecule has 2 amide bonds. The number of carbonyl (C=O) groups excluding carboxylic acids is 2. The molecule has 6 heterocycles. The number of anilines is 2. The van der Waals surface area contributed by atoms with E-state index in [1.165, 1.54) is 40.3 Å². The Hall–Kier alpha value is -6.06. The molecule has 0 unspecified atom stereocenters. The summed E-state index contributed by atoms with van der Waals surface area (Å²) in [6.45, 7) is 7.21. The molecule has 2 aromatic carbocycles. The zero-order chi connectivity index (χ0) is 46.1. The summed E-state index contributed by atoms with van der Waals surface area (Å²) in [4.78, 5) is 37.9. The predicted molar refractivity (Wildman–Crippen MR) is 249 cm³/mol. The first kappa shape index (κ1) is 50.9. The molecule has 8 rings (SSSR count). The topological polar surface area (TPSA) is 122 Å². The molecular weight excluding hydrogens is 971 g/mol. The van der Waals surface area contributed by atoms with Gasteiger partial charge in [-0.25, -0.2) is 0 Å². The van der Waals surface area contributed by atoms with Gasteiger partial charge in [-0.05, 0) is 99.5 Å². The molecule has 344 valence electrons. The van der Waals surface area contributed by atoms with Crippen molar-refractivity contribution in [3.8, 4) is 23.7 Å². The zero-order valence-corrected chi connectivity index (χ0v) is 39.1. The lowest BCUT2D eigenvalue weighted by Crippen LogP contribution is -2.43. The second-order valence-corrected chi connectivity index (χ2v) is 15.6. The number of aliphatic hydroxyl groups excluding tert-OH is 1. The van der Waals surface area contributed by atoms with Gasteiger partial charge in [-0.2, -0.15) is 63.5 Å². The summed E-state index contributed by atoms with van der Waals surface area (Å²) < 4.78 is 82.5. The maximum absolute atomic E-state index is 13.3. The van der Waals surface area contributed by atoms with Crippen LogP contribution in [-0.2, 0) is 24.3 Å². The molecule has 0 radical (unpaired) electrons. The van der Waals surface area contributed by atoms with Crippen LogP contribution in [0, 0.1) is 37.5 Å². The molecule has 2 atom stereocenters. The van der Waals surface area contributed by atoms with Gasteiger partial charge in [0.05, 0.1) is 53.3 Å². The largest absolute Gasteiger partial charge is 0.416 e. The average molecular weight is 1010 g/mol. The third-order valence-corrected chi connectivity index (χ3v) is 11.1. The molecule has 0 saturated heterocycles. The van der Waals surface area contributed by atoms with Crippen molar-refractivity contribution in [3.63, 3.8) is 0 Å². The smallest absolute Gasteiger partial charge is 0.392 e. The number of fused-ring (bicyclic) bond motifs is 2. The summed E-state index contributed by atoms with van der Waals surface area (Å²) in [6, 6.07) is 14.0. The molecule has 2 aliphatic rings. The maximum Gasteiger partial charge on any atom is 0.416 e. The van der Waals surface area contributed by atoms with Gasteiger partial charge in [0, 0.05) is 64.7 Å². The number of rotatable bonds is 4. The lowest BCUT2D eigenvalue weighted by atomic mass is 10.0. The Bertz CT molecular complexity index is 2690. The van der Waals surface area contributed by atoms with E-state index >= 15 is 0 Å². The summed E-state index contributed by atoms with van der Waals surface area (Å²) in [5.41, 5.74) is 3.37. The second kappa shape index (κ2) is 20.6. The number of halogens is 7. The van der Waals surface area contributed by atoms with Gasteiger partial charge >= 0.3 is 12.4 Å². The van der Waals surface area contributed by atoms with Crippen molar-refractivity contribution < 1.29 is 41.0 Å². The Balaban J connectivity index is 0.000000240. The van der Waals surface area contributed by atoms with Crippen LogP contribution < -0.4 is 9.80 Å². The summed E-state index contributed by atoms with van der Waals surface area (Å²) >= 11 is 3.12. The van der Waals surface area contributed by atoms with Gasteiger partial charge in [0.15, 0.2) is 0 Å². The molecule has 66 heavy (non-hydrogen) atoms. The van der Waals surface area contributed by atoms with E-state index in [-0.39, 0.29) is 85.9 Å². The van der Waals surface area contributed by atoms with E-state index in [0.717, 1.165) is 23.5 Å². The van der Waals surface area contributed by atoms with Crippen LogP contribution in [0.1, 0.15) is 103 Å². The summed E-state index contributed by atoms with van der Waals surface area (Å²) in [5.74, 6) is 11.1. The third-order valence-electron chi connectivity index (χ3n) is 10.4. The standard InChI is InChI=1S/C23H18BrF3N4O.C23H19F3N4O2.2H2S/c1-14-3-4-16(11-28-14)5-6-17-12-29-31-15(2)13-30(22(32)21(17)31)19-7-8-20(23(25,26)27)18(9-19)10-24;1-14-3-4-16(10-27-14)5-6-17-11-28-30-15(2)12-29(22(32)21(17)30)19-7-8-20(23(24,25)26)18(9-19)13-31;;/h3-4,7-9,11-12,15H,10,13H2,1-2H3;3-4,7-11,15,31H,12-13H2,1-2H3;2*1H2/t2*15-;;/m00../s1. The predicted octanol–water partition coefficient (Wildman–Crippen LogP) is 9.07. The number of amides is 2. The van der Waals surface area contributed by atoms with Crippen molar-refractivity contribution in [2.24, 2.45) is 0 Å². The first-order valence-corrected chi connectivity index (χ1v) is 20.7. The van der Waals surface area contributed by atoms with Crippen molar-refractivity contribution >= 4 is 66.1 Å².